The fourth-order valence-corrected chi connectivity index (χ4v) is 3.48. The number of rotatable bonds is 27. The molecule has 0 N–H and O–H groups in total. The van der Waals surface area contributed by atoms with Gasteiger partial charge in [-0.15, -0.1) is 0 Å². The summed E-state index contributed by atoms with van der Waals surface area (Å²) in [5.74, 6) is 0.415. The average molecular weight is 475 g/mol. The summed E-state index contributed by atoms with van der Waals surface area (Å²) < 4.78 is 27.5. The molecule has 0 aliphatic rings. The van der Waals surface area contributed by atoms with Crippen LogP contribution < -0.4 is 0 Å². The van der Waals surface area contributed by atoms with E-state index in [4.69, 9.17) is 23.7 Å². The average Bonchev–Trinajstić information content (AvgIpc) is 2.82. The zero-order chi connectivity index (χ0) is 24.2. The smallest absolute Gasteiger partial charge is 0.305 e. The lowest BCUT2D eigenvalue weighted by Crippen LogP contribution is -2.15. The second-order valence-electron chi connectivity index (χ2n) is 8.80. The molecule has 0 aromatic carbocycles. The summed E-state index contributed by atoms with van der Waals surface area (Å²) in [6.45, 7) is 12.0. The molecule has 6 heteroatoms. The van der Waals surface area contributed by atoms with Gasteiger partial charge in [0.2, 0.25) is 0 Å². The van der Waals surface area contributed by atoms with Gasteiger partial charge in [-0.25, -0.2) is 0 Å². The summed E-state index contributed by atoms with van der Waals surface area (Å²) in [4.78, 5) is 12.0. The predicted molar refractivity (Wildman–Crippen MR) is 135 cm³/mol. The van der Waals surface area contributed by atoms with Crippen LogP contribution >= 0.6 is 0 Å². The van der Waals surface area contributed by atoms with E-state index in [0.717, 1.165) is 19.4 Å². The first-order chi connectivity index (χ1) is 16.2. The van der Waals surface area contributed by atoms with Gasteiger partial charge in [0.25, 0.3) is 0 Å². The van der Waals surface area contributed by atoms with E-state index in [9.17, 15) is 4.79 Å². The molecule has 1 atom stereocenters. The maximum atomic E-state index is 12.0. The van der Waals surface area contributed by atoms with Crippen molar-refractivity contribution >= 4 is 5.97 Å². The molecule has 0 aromatic heterocycles. The van der Waals surface area contributed by atoms with E-state index in [-0.39, 0.29) is 5.97 Å². The Kier molecular flexibility index (Phi) is 27.0. The maximum Gasteiger partial charge on any atom is 0.305 e. The molecule has 0 rings (SSSR count). The topological polar surface area (TPSA) is 63.2 Å². The van der Waals surface area contributed by atoms with Gasteiger partial charge in [-0.1, -0.05) is 72.1 Å². The minimum absolute atomic E-state index is 0.101. The normalized spacial score (nSPS) is 12.2. The van der Waals surface area contributed by atoms with Crippen LogP contribution in [0.5, 0.6) is 0 Å². The number of hydrogen-bond donors (Lipinski definition) is 0. The number of hydrogen-bond acceptors (Lipinski definition) is 6. The fraction of sp³-hybridized carbons (Fsp3) is 0.963. The Morgan fingerprint density at radius 2 is 1.03 bits per heavy atom. The molecule has 6 nitrogen and oxygen atoms in total. The van der Waals surface area contributed by atoms with Crippen molar-refractivity contribution in [3.05, 3.63) is 0 Å². The van der Waals surface area contributed by atoms with Crippen molar-refractivity contribution < 1.29 is 28.5 Å². The van der Waals surface area contributed by atoms with Crippen LogP contribution in [0.4, 0.5) is 0 Å². The molecule has 0 radical (unpaired) electrons. The van der Waals surface area contributed by atoms with Gasteiger partial charge in [0.15, 0.2) is 0 Å². The lowest BCUT2D eigenvalue weighted by molar-refractivity contribution is -0.145. The van der Waals surface area contributed by atoms with E-state index in [1.807, 2.05) is 0 Å². The van der Waals surface area contributed by atoms with Crippen LogP contribution in [0, 0.1) is 5.92 Å². The third-order valence-corrected chi connectivity index (χ3v) is 5.59. The summed E-state index contributed by atoms with van der Waals surface area (Å²) in [6.07, 6.45) is 14.5. The van der Waals surface area contributed by atoms with Gasteiger partial charge in [-0.3, -0.25) is 4.79 Å². The van der Waals surface area contributed by atoms with Crippen LogP contribution in [-0.2, 0) is 28.5 Å². The first-order valence-corrected chi connectivity index (χ1v) is 13.7. The molecule has 0 amide bonds. The largest absolute Gasteiger partial charge is 0.465 e. The zero-order valence-electron chi connectivity index (χ0n) is 22.1. The molecule has 198 valence electrons. The molecule has 0 heterocycles. The highest BCUT2D eigenvalue weighted by Gasteiger charge is 2.12. The summed E-state index contributed by atoms with van der Waals surface area (Å²) >= 11 is 0. The molecular weight excluding hydrogens is 420 g/mol. The SMILES string of the molecule is CCCCCCC(CCCC)COC(=O)CCCOCCOCCOCCOCCCCC. The quantitative estimate of drug-likeness (QED) is 0.102. The van der Waals surface area contributed by atoms with E-state index < -0.39 is 0 Å². The number of ether oxygens (including phenoxy) is 5. The van der Waals surface area contributed by atoms with Crippen LogP contribution in [0.25, 0.3) is 0 Å². The second-order valence-corrected chi connectivity index (χ2v) is 8.80. The number of esters is 1. The van der Waals surface area contributed by atoms with Gasteiger partial charge < -0.3 is 23.7 Å². The Balaban J connectivity index is 3.46. The Labute approximate surface area is 204 Å². The van der Waals surface area contributed by atoms with Crippen LogP contribution in [0.3, 0.4) is 0 Å². The highest BCUT2D eigenvalue weighted by atomic mass is 16.6. The van der Waals surface area contributed by atoms with Gasteiger partial charge in [-0.2, -0.15) is 0 Å². The highest BCUT2D eigenvalue weighted by Crippen LogP contribution is 2.18. The Bertz CT molecular complexity index is 391. The monoisotopic (exact) mass is 474 g/mol. The third kappa shape index (κ3) is 25.8. The summed E-state index contributed by atoms with van der Waals surface area (Å²) in [6, 6.07) is 0. The maximum absolute atomic E-state index is 12.0. The van der Waals surface area contributed by atoms with Gasteiger partial charge in [0.1, 0.15) is 0 Å². The van der Waals surface area contributed by atoms with E-state index in [1.54, 1.807) is 0 Å². The molecule has 0 aliphatic heterocycles. The third-order valence-electron chi connectivity index (χ3n) is 5.59. The van der Waals surface area contributed by atoms with Crippen molar-refractivity contribution in [3.8, 4) is 0 Å². The van der Waals surface area contributed by atoms with Crippen molar-refractivity contribution in [2.24, 2.45) is 5.92 Å². The van der Waals surface area contributed by atoms with Gasteiger partial charge >= 0.3 is 5.97 Å². The predicted octanol–water partition coefficient (Wildman–Crippen LogP) is 6.34. The van der Waals surface area contributed by atoms with Crippen molar-refractivity contribution in [3.63, 3.8) is 0 Å². The van der Waals surface area contributed by atoms with Crippen molar-refractivity contribution in [1.82, 2.24) is 0 Å². The van der Waals surface area contributed by atoms with E-state index in [0.29, 0.717) is 71.6 Å². The molecule has 0 bridgehead atoms. The summed E-state index contributed by atoms with van der Waals surface area (Å²) in [7, 11) is 0. The standard InChI is InChI=1S/C27H54O6/c1-4-7-10-11-15-26(14-9-6-3)25-33-27(28)16-13-18-30-20-22-32-24-23-31-21-19-29-17-12-8-5-2/h26H,4-25H2,1-3H3. The van der Waals surface area contributed by atoms with Gasteiger partial charge in [-0.05, 0) is 31.6 Å². The lowest BCUT2D eigenvalue weighted by atomic mass is 9.96. The molecule has 0 saturated carbocycles. The Hall–Kier alpha value is -0.690. The molecule has 0 aliphatic carbocycles. The molecule has 33 heavy (non-hydrogen) atoms. The summed E-state index contributed by atoms with van der Waals surface area (Å²) in [5.41, 5.74) is 0. The molecule has 1 unspecified atom stereocenters. The van der Waals surface area contributed by atoms with Gasteiger partial charge in [0, 0.05) is 19.6 Å². The van der Waals surface area contributed by atoms with Crippen molar-refractivity contribution in [2.45, 2.75) is 104 Å². The van der Waals surface area contributed by atoms with Crippen LogP contribution in [0.2, 0.25) is 0 Å². The highest BCUT2D eigenvalue weighted by molar-refractivity contribution is 5.69. The van der Waals surface area contributed by atoms with Crippen LogP contribution in [0.1, 0.15) is 104 Å². The second kappa shape index (κ2) is 27.6. The van der Waals surface area contributed by atoms with Crippen molar-refractivity contribution in [2.75, 3.05) is 59.5 Å². The number of carbonyl (C=O) groups excluding carboxylic acids is 1. The molecule has 0 saturated heterocycles. The fourth-order valence-electron chi connectivity index (χ4n) is 3.48. The Morgan fingerprint density at radius 3 is 1.61 bits per heavy atom. The molecule has 0 aromatic rings. The molecular formula is C27H54O6. The number of unbranched alkanes of at least 4 members (excludes halogenated alkanes) is 6. The minimum Gasteiger partial charge on any atom is -0.465 e. The first kappa shape index (κ1) is 32.3. The van der Waals surface area contributed by atoms with E-state index in [2.05, 4.69) is 20.8 Å². The van der Waals surface area contributed by atoms with E-state index >= 15 is 0 Å². The summed E-state index contributed by atoms with van der Waals surface area (Å²) in [5, 5.41) is 0. The lowest BCUT2D eigenvalue weighted by Gasteiger charge is -2.16. The first-order valence-electron chi connectivity index (χ1n) is 13.7. The Morgan fingerprint density at radius 1 is 0.545 bits per heavy atom. The van der Waals surface area contributed by atoms with Gasteiger partial charge in [0.05, 0.1) is 46.2 Å². The van der Waals surface area contributed by atoms with Crippen LogP contribution in [-0.4, -0.2) is 65.4 Å². The molecule has 0 fully saturated rings. The van der Waals surface area contributed by atoms with E-state index in [1.165, 1.54) is 57.8 Å². The zero-order valence-corrected chi connectivity index (χ0v) is 22.1. The molecule has 0 spiro atoms. The minimum atomic E-state index is -0.101. The van der Waals surface area contributed by atoms with Crippen molar-refractivity contribution in [1.29, 1.82) is 0 Å². The van der Waals surface area contributed by atoms with Crippen LogP contribution in [0.15, 0.2) is 0 Å². The number of carbonyl (C=O) groups is 1.